The van der Waals surface area contributed by atoms with Gasteiger partial charge in [-0.25, -0.2) is 4.98 Å². The Hall–Kier alpha value is -2.49. The molecule has 0 atom stereocenters. The Morgan fingerprint density at radius 1 is 1.15 bits per heavy atom. The molecule has 27 heavy (non-hydrogen) atoms. The molecule has 1 saturated heterocycles. The zero-order chi connectivity index (χ0) is 18.6. The van der Waals surface area contributed by atoms with E-state index >= 15 is 0 Å². The number of hydrogen-bond donors (Lipinski definition) is 0. The fraction of sp³-hybridized carbons (Fsp3) is 0.400. The van der Waals surface area contributed by atoms with Crippen molar-refractivity contribution in [1.29, 1.82) is 5.26 Å². The molecule has 0 bridgehead atoms. The van der Waals surface area contributed by atoms with Gasteiger partial charge in [-0.15, -0.1) is 0 Å². The topological polar surface area (TPSA) is 61.6 Å². The van der Waals surface area contributed by atoms with Gasteiger partial charge in [0.15, 0.2) is 11.5 Å². The summed E-state index contributed by atoms with van der Waals surface area (Å²) in [4.78, 5) is 8.94. The lowest BCUT2D eigenvalue weighted by molar-refractivity contribution is 0.248. The van der Waals surface area contributed by atoms with E-state index in [1.807, 2.05) is 18.2 Å². The van der Waals surface area contributed by atoms with E-state index in [1.165, 1.54) is 0 Å². The number of halogens is 1. The third-order valence-electron chi connectivity index (χ3n) is 4.85. The van der Waals surface area contributed by atoms with Crippen molar-refractivity contribution in [3.63, 3.8) is 0 Å². The summed E-state index contributed by atoms with van der Waals surface area (Å²) in [6.07, 6.45) is 2.60. The predicted molar refractivity (Wildman–Crippen MR) is 104 cm³/mol. The third kappa shape index (κ3) is 3.95. The number of pyridine rings is 1. The summed E-state index contributed by atoms with van der Waals surface area (Å²) in [6, 6.07) is 9.84. The molecule has 0 unspecified atom stereocenters. The first-order valence-corrected chi connectivity index (χ1v) is 9.53. The van der Waals surface area contributed by atoms with E-state index in [0.717, 1.165) is 56.3 Å². The number of anilines is 1. The van der Waals surface area contributed by atoms with Crippen molar-refractivity contribution in [2.75, 3.05) is 44.3 Å². The summed E-state index contributed by atoms with van der Waals surface area (Å²) >= 11 is 6.40. The maximum atomic E-state index is 9.28. The molecule has 3 heterocycles. The van der Waals surface area contributed by atoms with Crippen molar-refractivity contribution < 1.29 is 9.47 Å². The monoisotopic (exact) mass is 384 g/mol. The van der Waals surface area contributed by atoms with Crippen LogP contribution in [0.5, 0.6) is 11.5 Å². The number of aromatic nitrogens is 1. The van der Waals surface area contributed by atoms with Crippen LogP contribution in [0.2, 0.25) is 5.02 Å². The van der Waals surface area contributed by atoms with Crippen molar-refractivity contribution >= 4 is 17.4 Å². The van der Waals surface area contributed by atoms with Crippen molar-refractivity contribution in [1.82, 2.24) is 9.88 Å². The van der Waals surface area contributed by atoms with E-state index in [2.05, 4.69) is 20.9 Å². The molecule has 0 aliphatic carbocycles. The fourth-order valence-corrected chi connectivity index (χ4v) is 3.78. The van der Waals surface area contributed by atoms with Crippen LogP contribution < -0.4 is 14.4 Å². The minimum atomic E-state index is 0.607. The lowest BCUT2D eigenvalue weighted by Gasteiger charge is -2.35. The molecule has 4 rings (SSSR count). The highest BCUT2D eigenvalue weighted by Gasteiger charge is 2.22. The Bertz CT molecular complexity index is 860. The Kier molecular flexibility index (Phi) is 5.33. The lowest BCUT2D eigenvalue weighted by atomic mass is 10.1. The minimum absolute atomic E-state index is 0.607. The number of ether oxygens (including phenoxy) is 2. The second-order valence-corrected chi connectivity index (χ2v) is 7.11. The molecule has 1 aromatic heterocycles. The second-order valence-electron chi connectivity index (χ2n) is 6.70. The second kappa shape index (κ2) is 8.03. The summed E-state index contributed by atoms with van der Waals surface area (Å²) in [5.74, 6) is 2.17. The SMILES string of the molecule is N#Cc1cccnc1N1CCN(Cc2cc(Cl)c3c(c2)OCCCO3)CC1. The molecule has 140 valence electrons. The Morgan fingerprint density at radius 3 is 2.78 bits per heavy atom. The maximum Gasteiger partial charge on any atom is 0.179 e. The predicted octanol–water partition coefficient (Wildman–Crippen LogP) is 3.09. The largest absolute Gasteiger partial charge is 0.489 e. The lowest BCUT2D eigenvalue weighted by Crippen LogP contribution is -2.46. The molecule has 0 saturated carbocycles. The van der Waals surface area contributed by atoms with Crippen LogP contribution in [0.4, 0.5) is 5.82 Å². The van der Waals surface area contributed by atoms with Gasteiger partial charge in [-0.3, -0.25) is 4.90 Å². The first kappa shape index (κ1) is 17.9. The number of nitriles is 1. The smallest absolute Gasteiger partial charge is 0.179 e. The van der Waals surface area contributed by atoms with Crippen LogP contribution in [-0.4, -0.2) is 49.3 Å². The molecule has 0 radical (unpaired) electrons. The Labute approximate surface area is 163 Å². The van der Waals surface area contributed by atoms with Crippen molar-refractivity contribution in [3.05, 3.63) is 46.6 Å². The van der Waals surface area contributed by atoms with Gasteiger partial charge in [-0.2, -0.15) is 5.26 Å². The van der Waals surface area contributed by atoms with Crippen LogP contribution in [0.3, 0.4) is 0 Å². The van der Waals surface area contributed by atoms with Gasteiger partial charge in [-0.05, 0) is 29.8 Å². The summed E-state index contributed by atoms with van der Waals surface area (Å²) in [6.45, 7) is 5.55. The highest BCUT2D eigenvalue weighted by molar-refractivity contribution is 6.32. The van der Waals surface area contributed by atoms with E-state index in [9.17, 15) is 5.26 Å². The molecule has 2 aromatic rings. The van der Waals surface area contributed by atoms with Gasteiger partial charge in [0, 0.05) is 45.3 Å². The number of benzene rings is 1. The van der Waals surface area contributed by atoms with E-state index < -0.39 is 0 Å². The first-order valence-electron chi connectivity index (χ1n) is 9.15. The normalized spacial score (nSPS) is 17.3. The molecule has 0 spiro atoms. The Balaban J connectivity index is 1.42. The van der Waals surface area contributed by atoms with Crippen LogP contribution in [0.25, 0.3) is 0 Å². The van der Waals surface area contributed by atoms with Crippen molar-refractivity contribution in [3.8, 4) is 17.6 Å². The zero-order valence-electron chi connectivity index (χ0n) is 15.0. The van der Waals surface area contributed by atoms with Crippen LogP contribution in [0.1, 0.15) is 17.5 Å². The summed E-state index contributed by atoms with van der Waals surface area (Å²) < 4.78 is 11.5. The quantitative estimate of drug-likeness (QED) is 0.810. The van der Waals surface area contributed by atoms with Crippen molar-refractivity contribution in [2.45, 2.75) is 13.0 Å². The number of piperazine rings is 1. The molecule has 1 fully saturated rings. The van der Waals surface area contributed by atoms with Crippen molar-refractivity contribution in [2.24, 2.45) is 0 Å². The highest BCUT2D eigenvalue weighted by Crippen LogP contribution is 2.38. The molecule has 7 heteroatoms. The standard InChI is InChI=1S/C20H21ClN4O2/c21-17-11-15(12-18-19(17)27-10-2-9-26-18)14-24-5-7-25(8-6-24)20-16(13-22)3-1-4-23-20/h1,3-4,11-12H,2,5-10,14H2. The van der Waals surface area contributed by atoms with Crippen LogP contribution in [0.15, 0.2) is 30.5 Å². The van der Waals surface area contributed by atoms with Crippen LogP contribution in [-0.2, 0) is 6.54 Å². The summed E-state index contributed by atoms with van der Waals surface area (Å²) in [5.41, 5.74) is 1.74. The van der Waals surface area contributed by atoms with Gasteiger partial charge >= 0.3 is 0 Å². The van der Waals surface area contributed by atoms with Gasteiger partial charge in [0.1, 0.15) is 11.9 Å². The zero-order valence-corrected chi connectivity index (χ0v) is 15.8. The number of rotatable bonds is 3. The summed E-state index contributed by atoms with van der Waals surface area (Å²) in [7, 11) is 0. The molecular weight excluding hydrogens is 364 g/mol. The van der Waals surface area contributed by atoms with Gasteiger partial charge in [0.25, 0.3) is 0 Å². The van der Waals surface area contributed by atoms with Gasteiger partial charge in [0.05, 0.1) is 23.8 Å². The molecule has 2 aliphatic heterocycles. The van der Waals surface area contributed by atoms with Gasteiger partial charge in [0.2, 0.25) is 0 Å². The molecule has 1 aromatic carbocycles. The van der Waals surface area contributed by atoms with Crippen LogP contribution in [0, 0.1) is 11.3 Å². The van der Waals surface area contributed by atoms with E-state index in [-0.39, 0.29) is 0 Å². The third-order valence-corrected chi connectivity index (χ3v) is 5.13. The van der Waals surface area contributed by atoms with Gasteiger partial charge in [-0.1, -0.05) is 11.6 Å². The van der Waals surface area contributed by atoms with E-state index in [0.29, 0.717) is 29.5 Å². The average Bonchev–Trinajstić information content (AvgIpc) is 2.94. The van der Waals surface area contributed by atoms with Gasteiger partial charge < -0.3 is 14.4 Å². The van der Waals surface area contributed by atoms with Crippen LogP contribution >= 0.6 is 11.6 Å². The number of fused-ring (bicyclic) bond motifs is 1. The van der Waals surface area contributed by atoms with E-state index in [4.69, 9.17) is 21.1 Å². The molecule has 0 amide bonds. The number of hydrogen-bond acceptors (Lipinski definition) is 6. The minimum Gasteiger partial charge on any atom is -0.489 e. The highest BCUT2D eigenvalue weighted by atomic mass is 35.5. The molecule has 0 N–H and O–H groups in total. The Morgan fingerprint density at radius 2 is 1.96 bits per heavy atom. The average molecular weight is 385 g/mol. The summed E-state index contributed by atoms with van der Waals surface area (Å²) in [5, 5.41) is 9.88. The number of nitrogens with zero attached hydrogens (tertiary/aromatic N) is 4. The first-order chi connectivity index (χ1) is 13.2. The van der Waals surface area contributed by atoms with E-state index in [1.54, 1.807) is 12.3 Å². The fourth-order valence-electron chi connectivity index (χ4n) is 3.49. The molecule has 6 nitrogen and oxygen atoms in total. The molecule has 2 aliphatic rings. The maximum absolute atomic E-state index is 9.28. The molecular formula is C20H21ClN4O2.